The zero-order chi connectivity index (χ0) is 16.1. The molecule has 0 unspecified atom stereocenters. The van der Waals surface area contributed by atoms with Crippen LogP contribution in [-0.2, 0) is 14.3 Å². The smallest absolute Gasteiger partial charge is 0.356 e. The van der Waals surface area contributed by atoms with Crippen LogP contribution >= 0.6 is 0 Å². The third kappa shape index (κ3) is 3.63. The van der Waals surface area contributed by atoms with Gasteiger partial charge in [-0.1, -0.05) is 24.3 Å². The lowest BCUT2D eigenvalue weighted by atomic mass is 10.1. The molecule has 0 fully saturated rings. The van der Waals surface area contributed by atoms with Crippen molar-refractivity contribution in [2.24, 2.45) is 0 Å². The van der Waals surface area contributed by atoms with Crippen molar-refractivity contribution in [1.82, 2.24) is 5.32 Å². The van der Waals surface area contributed by atoms with E-state index in [4.69, 9.17) is 4.74 Å². The first kappa shape index (κ1) is 15.6. The molecular weight excluding hydrogens is 280 g/mol. The number of rotatable bonds is 4. The van der Waals surface area contributed by atoms with Gasteiger partial charge in [-0.2, -0.15) is 0 Å². The van der Waals surface area contributed by atoms with Crippen LogP contribution in [0.25, 0.3) is 6.08 Å². The normalized spacial score (nSPS) is 15.5. The number of esters is 1. The molecular formula is C17H18N2O3. The van der Waals surface area contributed by atoms with Gasteiger partial charge in [0.15, 0.2) is 5.78 Å². The molecule has 22 heavy (non-hydrogen) atoms. The molecule has 0 bridgehead atoms. The second kappa shape index (κ2) is 6.76. The highest BCUT2D eigenvalue weighted by Crippen LogP contribution is 2.25. The zero-order valence-corrected chi connectivity index (χ0v) is 12.8. The summed E-state index contributed by atoms with van der Waals surface area (Å²) in [7, 11) is 1.31. The molecule has 0 atom stereocenters. The van der Waals surface area contributed by atoms with Crippen molar-refractivity contribution in [3.05, 3.63) is 59.1 Å². The number of methoxy groups -OCH3 is 1. The number of hydrogen-bond acceptors (Lipinski definition) is 5. The van der Waals surface area contributed by atoms with E-state index >= 15 is 0 Å². The lowest BCUT2D eigenvalue weighted by Gasteiger charge is -2.19. The molecule has 1 aliphatic heterocycles. The van der Waals surface area contributed by atoms with E-state index in [1.807, 2.05) is 30.3 Å². The van der Waals surface area contributed by atoms with Crippen LogP contribution in [0, 0.1) is 0 Å². The zero-order valence-electron chi connectivity index (χ0n) is 12.8. The number of nitrogens with one attached hydrogen (secondary N) is 2. The van der Waals surface area contributed by atoms with Crippen LogP contribution in [-0.4, -0.2) is 18.9 Å². The summed E-state index contributed by atoms with van der Waals surface area (Å²) in [6, 6.07) is 7.75. The Kier molecular flexibility index (Phi) is 4.78. The van der Waals surface area contributed by atoms with E-state index in [1.165, 1.54) is 20.1 Å². The Bertz CT molecular complexity index is 700. The third-order valence-electron chi connectivity index (χ3n) is 3.06. The summed E-state index contributed by atoms with van der Waals surface area (Å²) in [6.45, 7) is 3.16. The molecule has 1 aliphatic rings. The Labute approximate surface area is 129 Å². The summed E-state index contributed by atoms with van der Waals surface area (Å²) in [5.74, 6) is -0.612. The van der Waals surface area contributed by atoms with Crippen LogP contribution in [0.15, 0.2) is 53.5 Å². The monoisotopic (exact) mass is 298 g/mol. The molecule has 1 aromatic carbocycles. The van der Waals surface area contributed by atoms with Crippen molar-refractivity contribution in [3.63, 3.8) is 0 Å². The highest BCUT2D eigenvalue weighted by atomic mass is 16.5. The van der Waals surface area contributed by atoms with E-state index in [0.29, 0.717) is 11.4 Å². The summed E-state index contributed by atoms with van der Waals surface area (Å²) in [6.07, 6.45) is 5.13. The number of benzene rings is 1. The van der Waals surface area contributed by atoms with Crippen molar-refractivity contribution < 1.29 is 14.3 Å². The summed E-state index contributed by atoms with van der Waals surface area (Å²) in [5.41, 5.74) is 3.34. The molecule has 0 amide bonds. The number of allylic oxidation sites excluding steroid dienone is 3. The second-order valence-corrected chi connectivity index (χ2v) is 4.89. The van der Waals surface area contributed by atoms with Crippen LogP contribution in [0.3, 0.4) is 0 Å². The van der Waals surface area contributed by atoms with Gasteiger partial charge in [0.25, 0.3) is 0 Å². The highest BCUT2D eigenvalue weighted by molar-refractivity contribution is 5.93. The molecule has 0 saturated carbocycles. The van der Waals surface area contributed by atoms with E-state index < -0.39 is 5.97 Å². The van der Waals surface area contributed by atoms with Crippen LogP contribution in [0.4, 0.5) is 5.69 Å². The number of ketones is 1. The molecule has 2 rings (SSSR count). The van der Waals surface area contributed by atoms with Gasteiger partial charge < -0.3 is 15.4 Å². The van der Waals surface area contributed by atoms with Crippen molar-refractivity contribution in [1.29, 1.82) is 0 Å². The number of para-hydroxylation sites is 1. The van der Waals surface area contributed by atoms with Gasteiger partial charge >= 0.3 is 5.97 Å². The summed E-state index contributed by atoms with van der Waals surface area (Å²) < 4.78 is 4.81. The maximum absolute atomic E-state index is 12.0. The number of carbonyl (C=O) groups excluding carboxylic acids is 2. The standard InChI is InChI=1S/C17H18N2O3/c1-11(10-12(2)20)18-16(17(21)22-3)15-9-8-13-6-4-5-7-14(13)19-15/h4-10,18-19H,1-3H3/b11-10+,16-15-. The number of ether oxygens (including phenoxy) is 1. The van der Waals surface area contributed by atoms with Gasteiger partial charge in [0, 0.05) is 11.4 Å². The Balaban J connectivity index is 2.38. The Morgan fingerprint density at radius 1 is 1.18 bits per heavy atom. The summed E-state index contributed by atoms with van der Waals surface area (Å²) >= 11 is 0. The van der Waals surface area contributed by atoms with Gasteiger partial charge in [-0.15, -0.1) is 0 Å². The Morgan fingerprint density at radius 3 is 2.59 bits per heavy atom. The van der Waals surface area contributed by atoms with Crippen LogP contribution in [0.5, 0.6) is 0 Å². The molecule has 0 aromatic heterocycles. The van der Waals surface area contributed by atoms with E-state index in [9.17, 15) is 9.59 Å². The fraction of sp³-hybridized carbons (Fsp3) is 0.176. The fourth-order valence-corrected chi connectivity index (χ4v) is 2.13. The first-order valence-electron chi connectivity index (χ1n) is 6.84. The van der Waals surface area contributed by atoms with Gasteiger partial charge in [0.2, 0.25) is 0 Å². The molecule has 114 valence electrons. The first-order valence-corrected chi connectivity index (χ1v) is 6.84. The van der Waals surface area contributed by atoms with Crippen LogP contribution < -0.4 is 10.6 Å². The maximum atomic E-state index is 12.0. The van der Waals surface area contributed by atoms with Crippen molar-refractivity contribution >= 4 is 23.5 Å². The maximum Gasteiger partial charge on any atom is 0.356 e. The Morgan fingerprint density at radius 2 is 1.91 bits per heavy atom. The molecule has 2 N–H and O–H groups in total. The number of carbonyl (C=O) groups is 2. The second-order valence-electron chi connectivity index (χ2n) is 4.89. The van der Waals surface area contributed by atoms with Gasteiger partial charge in [0.1, 0.15) is 5.70 Å². The first-order chi connectivity index (χ1) is 10.5. The minimum atomic E-state index is -0.511. The molecule has 0 spiro atoms. The van der Waals surface area contributed by atoms with Gasteiger partial charge in [0.05, 0.1) is 12.8 Å². The van der Waals surface area contributed by atoms with Crippen LogP contribution in [0.2, 0.25) is 0 Å². The average Bonchev–Trinajstić information content (AvgIpc) is 2.50. The average molecular weight is 298 g/mol. The lowest BCUT2D eigenvalue weighted by Crippen LogP contribution is -2.25. The molecule has 5 nitrogen and oxygen atoms in total. The van der Waals surface area contributed by atoms with E-state index in [0.717, 1.165) is 11.3 Å². The van der Waals surface area contributed by atoms with Gasteiger partial charge in [-0.25, -0.2) is 4.79 Å². The molecule has 1 aromatic rings. The van der Waals surface area contributed by atoms with E-state index in [-0.39, 0.29) is 11.5 Å². The minimum Gasteiger partial charge on any atom is -0.464 e. The topological polar surface area (TPSA) is 67.4 Å². The Hall–Kier alpha value is -2.82. The van der Waals surface area contributed by atoms with Gasteiger partial charge in [-0.05, 0) is 37.6 Å². The van der Waals surface area contributed by atoms with E-state index in [1.54, 1.807) is 13.0 Å². The summed E-state index contributed by atoms with van der Waals surface area (Å²) in [4.78, 5) is 23.2. The molecule has 0 radical (unpaired) electrons. The number of fused-ring (bicyclic) bond motifs is 1. The number of hydrogen-bond donors (Lipinski definition) is 2. The third-order valence-corrected chi connectivity index (χ3v) is 3.06. The quantitative estimate of drug-likeness (QED) is 0.660. The molecule has 0 aliphatic carbocycles. The molecule has 0 saturated heterocycles. The number of anilines is 1. The van der Waals surface area contributed by atoms with Crippen molar-refractivity contribution in [3.8, 4) is 0 Å². The predicted octanol–water partition coefficient (Wildman–Crippen LogP) is 2.59. The lowest BCUT2D eigenvalue weighted by molar-refractivity contribution is -0.136. The highest BCUT2D eigenvalue weighted by Gasteiger charge is 2.18. The van der Waals surface area contributed by atoms with Crippen molar-refractivity contribution in [2.45, 2.75) is 13.8 Å². The fourth-order valence-electron chi connectivity index (χ4n) is 2.13. The van der Waals surface area contributed by atoms with Gasteiger partial charge in [-0.3, -0.25) is 4.79 Å². The predicted molar refractivity (Wildman–Crippen MR) is 85.7 cm³/mol. The van der Waals surface area contributed by atoms with Crippen LogP contribution in [0.1, 0.15) is 19.4 Å². The minimum absolute atomic E-state index is 0.100. The SMILES string of the molecule is COC(=O)/C(N/C(C)=C/C(C)=O)=C1\C=Cc2ccccc2N1. The largest absolute Gasteiger partial charge is 0.464 e. The van der Waals surface area contributed by atoms with E-state index in [2.05, 4.69) is 10.6 Å². The molecule has 1 heterocycles. The molecule has 5 heteroatoms. The van der Waals surface area contributed by atoms with Crippen molar-refractivity contribution in [2.75, 3.05) is 12.4 Å². The summed E-state index contributed by atoms with van der Waals surface area (Å²) in [5, 5.41) is 6.12.